The van der Waals surface area contributed by atoms with Gasteiger partial charge in [0.25, 0.3) is 0 Å². The zero-order valence-electron chi connectivity index (χ0n) is 9.18. The van der Waals surface area contributed by atoms with Crippen LogP contribution in [0.3, 0.4) is 0 Å². The van der Waals surface area contributed by atoms with Gasteiger partial charge < -0.3 is 5.32 Å². The molecule has 0 saturated carbocycles. The van der Waals surface area contributed by atoms with Gasteiger partial charge in [-0.15, -0.1) is 0 Å². The van der Waals surface area contributed by atoms with E-state index in [0.29, 0.717) is 10.6 Å². The molecule has 0 aliphatic carbocycles. The van der Waals surface area contributed by atoms with Crippen LogP contribution in [0.15, 0.2) is 17.8 Å². The second kappa shape index (κ2) is 4.28. The Morgan fingerprint density at radius 3 is 2.72 bits per heavy atom. The maximum atomic E-state index is 12.8. The fourth-order valence-electron chi connectivity index (χ4n) is 1.71. The van der Waals surface area contributed by atoms with Crippen molar-refractivity contribution in [3.63, 3.8) is 0 Å². The summed E-state index contributed by atoms with van der Waals surface area (Å²) >= 11 is 5.70. The molecule has 96 valence electrons. The van der Waals surface area contributed by atoms with Crippen molar-refractivity contribution in [2.24, 2.45) is 0 Å². The fraction of sp³-hybridized carbons (Fsp3) is 0.273. The standard InChI is InChI=1S/C11H8ClF3N2O/c1-5(18)8-3-6-2-7(12)4-16-10(6)17-9(8)11(13,14)15/h2-4,9H,1H3,(H,16,17)/t9-/m0/s1. The molecule has 1 aromatic rings. The van der Waals surface area contributed by atoms with Gasteiger partial charge in [0.2, 0.25) is 0 Å². The molecule has 1 aliphatic rings. The van der Waals surface area contributed by atoms with Crippen LogP contribution in [0, 0.1) is 0 Å². The summed E-state index contributed by atoms with van der Waals surface area (Å²) < 4.78 is 38.4. The average Bonchev–Trinajstić information content (AvgIpc) is 2.25. The first-order valence-corrected chi connectivity index (χ1v) is 5.38. The third-order valence-corrected chi connectivity index (χ3v) is 2.73. The van der Waals surface area contributed by atoms with Gasteiger partial charge in [-0.1, -0.05) is 11.6 Å². The lowest BCUT2D eigenvalue weighted by Gasteiger charge is -2.28. The van der Waals surface area contributed by atoms with Crippen LogP contribution in [0.4, 0.5) is 19.0 Å². The lowest BCUT2D eigenvalue weighted by atomic mass is 9.96. The van der Waals surface area contributed by atoms with Crippen molar-refractivity contribution >= 4 is 29.3 Å². The summed E-state index contributed by atoms with van der Waals surface area (Å²) in [6, 6.07) is -0.581. The molecular weight excluding hydrogens is 269 g/mol. The Morgan fingerprint density at radius 1 is 1.50 bits per heavy atom. The number of nitrogens with zero attached hydrogens (tertiary/aromatic N) is 1. The molecule has 2 heterocycles. The van der Waals surface area contributed by atoms with E-state index in [2.05, 4.69) is 10.3 Å². The molecule has 1 aromatic heterocycles. The SMILES string of the molecule is CC(=O)C1=Cc2cc(Cl)cnc2N[C@@H]1C(F)(F)F. The summed E-state index contributed by atoms with van der Waals surface area (Å²) in [5.74, 6) is -0.581. The van der Waals surface area contributed by atoms with Gasteiger partial charge in [-0.3, -0.25) is 4.79 Å². The van der Waals surface area contributed by atoms with Crippen LogP contribution >= 0.6 is 11.6 Å². The van der Waals surface area contributed by atoms with Crippen molar-refractivity contribution in [2.75, 3.05) is 5.32 Å². The van der Waals surface area contributed by atoms with Crippen molar-refractivity contribution < 1.29 is 18.0 Å². The third-order valence-electron chi connectivity index (χ3n) is 2.52. The quantitative estimate of drug-likeness (QED) is 0.857. The summed E-state index contributed by atoms with van der Waals surface area (Å²) in [6.07, 6.45) is -2.14. The van der Waals surface area contributed by atoms with Gasteiger partial charge in [0.1, 0.15) is 5.82 Å². The minimum atomic E-state index is -4.56. The highest BCUT2D eigenvalue weighted by atomic mass is 35.5. The minimum Gasteiger partial charge on any atom is -0.354 e. The van der Waals surface area contributed by atoms with Gasteiger partial charge in [-0.2, -0.15) is 13.2 Å². The molecule has 0 fully saturated rings. The number of halogens is 4. The highest BCUT2D eigenvalue weighted by Crippen LogP contribution is 2.35. The summed E-state index contributed by atoms with van der Waals surface area (Å²) in [5.41, 5.74) is 0.0206. The maximum Gasteiger partial charge on any atom is 0.412 e. The number of ketones is 1. The molecule has 0 amide bonds. The van der Waals surface area contributed by atoms with E-state index in [1.165, 1.54) is 18.3 Å². The van der Waals surface area contributed by atoms with Gasteiger partial charge in [-0.05, 0) is 19.1 Å². The molecule has 0 spiro atoms. The van der Waals surface area contributed by atoms with Crippen molar-refractivity contribution in [3.8, 4) is 0 Å². The Labute approximate surface area is 106 Å². The molecule has 0 saturated heterocycles. The van der Waals surface area contributed by atoms with Crippen molar-refractivity contribution in [1.29, 1.82) is 0 Å². The average molecular weight is 277 g/mol. The number of nitrogens with one attached hydrogen (secondary N) is 1. The third kappa shape index (κ3) is 2.33. The number of hydrogen-bond acceptors (Lipinski definition) is 3. The normalized spacial score (nSPS) is 18.7. The molecule has 0 bridgehead atoms. The molecule has 1 atom stereocenters. The van der Waals surface area contributed by atoms with Gasteiger partial charge in [0.15, 0.2) is 11.8 Å². The number of anilines is 1. The van der Waals surface area contributed by atoms with Crippen molar-refractivity contribution in [2.45, 2.75) is 19.1 Å². The Hall–Kier alpha value is -1.56. The van der Waals surface area contributed by atoms with Gasteiger partial charge >= 0.3 is 6.18 Å². The highest BCUT2D eigenvalue weighted by molar-refractivity contribution is 6.30. The van der Waals surface area contributed by atoms with Crippen LogP contribution in [0.25, 0.3) is 6.08 Å². The molecular formula is C11H8ClF3N2O. The first kappa shape index (κ1) is 12.9. The number of carbonyl (C=O) groups is 1. The minimum absolute atomic E-state index is 0.0618. The summed E-state index contributed by atoms with van der Waals surface area (Å²) in [7, 11) is 0. The number of pyridine rings is 1. The van der Waals surface area contributed by atoms with Gasteiger partial charge in [-0.25, -0.2) is 4.98 Å². The number of aromatic nitrogens is 1. The fourth-order valence-corrected chi connectivity index (χ4v) is 1.88. The van der Waals surface area contributed by atoms with E-state index in [9.17, 15) is 18.0 Å². The molecule has 7 heteroatoms. The first-order valence-electron chi connectivity index (χ1n) is 5.00. The van der Waals surface area contributed by atoms with E-state index in [1.54, 1.807) is 0 Å². The number of carbonyl (C=O) groups excluding carboxylic acids is 1. The molecule has 18 heavy (non-hydrogen) atoms. The van der Waals surface area contributed by atoms with Crippen LogP contribution in [-0.4, -0.2) is 23.0 Å². The molecule has 1 N–H and O–H groups in total. The lowest BCUT2D eigenvalue weighted by molar-refractivity contribution is -0.139. The Balaban J connectivity index is 2.53. The second-order valence-corrected chi connectivity index (χ2v) is 4.30. The van der Waals surface area contributed by atoms with Crippen LogP contribution in [0.5, 0.6) is 0 Å². The lowest BCUT2D eigenvalue weighted by Crippen LogP contribution is -2.41. The number of fused-ring (bicyclic) bond motifs is 1. The van der Waals surface area contributed by atoms with Crippen LogP contribution in [0.1, 0.15) is 12.5 Å². The van der Waals surface area contributed by atoms with E-state index in [1.807, 2.05) is 0 Å². The second-order valence-electron chi connectivity index (χ2n) is 3.87. The van der Waals surface area contributed by atoms with Crippen LogP contribution < -0.4 is 5.32 Å². The monoisotopic (exact) mass is 276 g/mol. The molecule has 0 aromatic carbocycles. The molecule has 1 aliphatic heterocycles. The Bertz CT molecular complexity index is 540. The number of hydrogen-bond donors (Lipinski definition) is 1. The van der Waals surface area contributed by atoms with Crippen molar-refractivity contribution in [3.05, 3.63) is 28.4 Å². The number of Topliss-reactive ketones (excluding diaryl/α,β-unsaturated/α-hetero) is 1. The molecule has 3 nitrogen and oxygen atoms in total. The zero-order valence-corrected chi connectivity index (χ0v) is 9.93. The summed E-state index contributed by atoms with van der Waals surface area (Å²) in [5, 5.41) is 2.50. The van der Waals surface area contributed by atoms with Crippen LogP contribution in [0.2, 0.25) is 5.02 Å². The number of rotatable bonds is 1. The summed E-state index contributed by atoms with van der Waals surface area (Å²) in [4.78, 5) is 15.1. The summed E-state index contributed by atoms with van der Waals surface area (Å²) in [6.45, 7) is 1.09. The first-order chi connectivity index (χ1) is 8.29. The van der Waals surface area contributed by atoms with Crippen molar-refractivity contribution in [1.82, 2.24) is 4.98 Å². The zero-order chi connectivity index (χ0) is 13.5. The van der Waals surface area contributed by atoms with Crippen LogP contribution in [-0.2, 0) is 4.79 Å². The smallest absolute Gasteiger partial charge is 0.354 e. The van der Waals surface area contributed by atoms with E-state index in [0.717, 1.165) is 6.92 Å². The Kier molecular flexibility index (Phi) is 3.06. The van der Waals surface area contributed by atoms with Gasteiger partial charge in [0.05, 0.1) is 5.02 Å². The maximum absolute atomic E-state index is 12.8. The highest BCUT2D eigenvalue weighted by Gasteiger charge is 2.45. The van der Waals surface area contributed by atoms with E-state index in [-0.39, 0.29) is 11.4 Å². The van der Waals surface area contributed by atoms with E-state index >= 15 is 0 Å². The number of alkyl halides is 3. The predicted molar refractivity (Wildman–Crippen MR) is 61.4 cm³/mol. The van der Waals surface area contributed by atoms with Gasteiger partial charge in [0, 0.05) is 17.3 Å². The largest absolute Gasteiger partial charge is 0.412 e. The van der Waals surface area contributed by atoms with E-state index < -0.39 is 18.0 Å². The molecule has 2 rings (SSSR count). The predicted octanol–water partition coefficient (Wildman–Crippen LogP) is 3.06. The molecule has 0 radical (unpaired) electrons. The Morgan fingerprint density at radius 2 is 2.17 bits per heavy atom. The molecule has 0 unspecified atom stereocenters. The van der Waals surface area contributed by atoms with E-state index in [4.69, 9.17) is 11.6 Å². The topological polar surface area (TPSA) is 42.0 Å².